The topological polar surface area (TPSA) is 86.8 Å². The first-order valence-corrected chi connectivity index (χ1v) is 15.4. The van der Waals surface area contributed by atoms with Gasteiger partial charge in [-0.25, -0.2) is 8.42 Å². The average molecular weight is 524 g/mol. The molecule has 2 N–H and O–H groups in total. The largest absolute Gasteiger partial charge is 0.397 e. The fourth-order valence-electron chi connectivity index (χ4n) is 6.42. The van der Waals surface area contributed by atoms with E-state index in [1.54, 1.807) is 0 Å². The van der Waals surface area contributed by atoms with Crippen LogP contribution in [0.1, 0.15) is 48.8 Å². The molecule has 0 aliphatic carbocycles. The van der Waals surface area contributed by atoms with Crippen molar-refractivity contribution in [3.63, 3.8) is 0 Å². The second-order valence-corrected chi connectivity index (χ2v) is 13.0. The van der Waals surface area contributed by atoms with Crippen molar-refractivity contribution in [1.29, 1.82) is 0 Å². The second kappa shape index (κ2) is 10.4. The molecule has 3 saturated heterocycles. The van der Waals surface area contributed by atoms with Crippen LogP contribution in [0.2, 0.25) is 0 Å². The van der Waals surface area contributed by atoms with Crippen molar-refractivity contribution < 1.29 is 17.9 Å². The van der Waals surface area contributed by atoms with Crippen molar-refractivity contribution in [2.24, 2.45) is 0 Å². The van der Waals surface area contributed by atoms with E-state index in [0.29, 0.717) is 31.6 Å². The van der Waals surface area contributed by atoms with Gasteiger partial charge in [0, 0.05) is 57.5 Å². The van der Waals surface area contributed by atoms with Crippen molar-refractivity contribution >= 4 is 26.4 Å². The molecule has 3 fully saturated rings. The molecule has 0 bridgehead atoms. The summed E-state index contributed by atoms with van der Waals surface area (Å²) in [5.41, 5.74) is 13.9. The van der Waals surface area contributed by atoms with Crippen LogP contribution in [0.5, 0.6) is 0 Å². The lowest BCUT2D eigenvalue weighted by molar-refractivity contribution is 0.0709. The Morgan fingerprint density at radius 3 is 2.22 bits per heavy atom. The maximum atomic E-state index is 12.0. The highest BCUT2D eigenvalue weighted by molar-refractivity contribution is 7.91. The molecule has 0 spiro atoms. The number of benzene rings is 2. The van der Waals surface area contributed by atoms with Gasteiger partial charge >= 0.3 is 0 Å². The number of aromatic nitrogens is 1. The van der Waals surface area contributed by atoms with Crippen molar-refractivity contribution in [3.05, 3.63) is 53.6 Å². The molecule has 3 aromatic rings. The summed E-state index contributed by atoms with van der Waals surface area (Å²) >= 11 is 0. The molecule has 0 atom stereocenters. The van der Waals surface area contributed by atoms with Crippen molar-refractivity contribution in [2.45, 2.75) is 44.2 Å². The molecule has 7 nitrogen and oxygen atoms in total. The van der Waals surface area contributed by atoms with E-state index in [-0.39, 0.29) is 11.5 Å². The van der Waals surface area contributed by atoms with Gasteiger partial charge in [0.05, 0.1) is 28.4 Å². The van der Waals surface area contributed by atoms with Gasteiger partial charge in [-0.1, -0.05) is 30.3 Å². The zero-order chi connectivity index (χ0) is 25.4. The first kappa shape index (κ1) is 24.9. The van der Waals surface area contributed by atoms with Crippen LogP contribution in [0.4, 0.5) is 5.69 Å². The van der Waals surface area contributed by atoms with Gasteiger partial charge in [-0.3, -0.25) is 4.90 Å². The summed E-state index contributed by atoms with van der Waals surface area (Å²) in [6, 6.07) is 15.5. The summed E-state index contributed by atoms with van der Waals surface area (Å²) in [4.78, 5) is 2.24. The molecular formula is C29H37N3O4S. The number of ether oxygens (including phenoxy) is 2. The van der Waals surface area contributed by atoms with Gasteiger partial charge in [-0.2, -0.15) is 0 Å². The lowest BCUT2D eigenvalue weighted by atomic mass is 9.87. The van der Waals surface area contributed by atoms with Crippen LogP contribution in [-0.4, -0.2) is 68.9 Å². The van der Waals surface area contributed by atoms with Crippen LogP contribution in [0.25, 0.3) is 22.2 Å². The number of nitrogens with two attached hydrogens (primary N) is 1. The monoisotopic (exact) mass is 523 g/mol. The van der Waals surface area contributed by atoms with E-state index in [0.717, 1.165) is 68.9 Å². The third kappa shape index (κ3) is 5.04. The van der Waals surface area contributed by atoms with Crippen LogP contribution in [0.3, 0.4) is 0 Å². The summed E-state index contributed by atoms with van der Waals surface area (Å²) in [6.45, 7) is 4.95. The minimum atomic E-state index is -2.91. The number of sulfone groups is 1. The minimum absolute atomic E-state index is 0.232. The summed E-state index contributed by atoms with van der Waals surface area (Å²) in [6.07, 6.45) is 3.95. The molecule has 2 aromatic carbocycles. The van der Waals surface area contributed by atoms with E-state index in [2.05, 4.69) is 51.9 Å². The molecule has 8 heteroatoms. The molecule has 4 heterocycles. The Morgan fingerprint density at radius 1 is 0.892 bits per heavy atom. The lowest BCUT2D eigenvalue weighted by Gasteiger charge is -2.29. The first-order chi connectivity index (χ1) is 18.0. The number of hydrogen-bond donors (Lipinski definition) is 1. The molecule has 3 aliphatic rings. The highest BCUT2D eigenvalue weighted by Gasteiger charge is 2.31. The quantitative estimate of drug-likeness (QED) is 0.500. The normalized spacial score (nSPS) is 21.9. The van der Waals surface area contributed by atoms with E-state index in [4.69, 9.17) is 15.2 Å². The number of rotatable bonds is 5. The predicted octanol–water partition coefficient (Wildman–Crippen LogP) is 4.37. The maximum absolute atomic E-state index is 12.0. The van der Waals surface area contributed by atoms with Gasteiger partial charge in [0.2, 0.25) is 0 Å². The smallest absolute Gasteiger partial charge is 0.152 e. The molecule has 37 heavy (non-hydrogen) atoms. The molecule has 3 aliphatic heterocycles. The molecule has 0 unspecified atom stereocenters. The van der Waals surface area contributed by atoms with Crippen LogP contribution in [0, 0.1) is 0 Å². The second-order valence-electron chi connectivity index (χ2n) is 10.7. The van der Waals surface area contributed by atoms with Crippen molar-refractivity contribution in [1.82, 2.24) is 9.47 Å². The van der Waals surface area contributed by atoms with E-state index in [9.17, 15) is 8.42 Å². The minimum Gasteiger partial charge on any atom is -0.397 e. The van der Waals surface area contributed by atoms with E-state index < -0.39 is 9.84 Å². The molecular weight excluding hydrogens is 486 g/mol. The summed E-state index contributed by atoms with van der Waals surface area (Å²) in [5, 5.41) is 1.25. The average Bonchev–Trinajstić information content (AvgIpc) is 3.27. The zero-order valence-electron chi connectivity index (χ0n) is 21.4. The van der Waals surface area contributed by atoms with Gasteiger partial charge in [0.1, 0.15) is 0 Å². The summed E-state index contributed by atoms with van der Waals surface area (Å²) in [7, 11) is -2.91. The van der Waals surface area contributed by atoms with Crippen LogP contribution >= 0.6 is 0 Å². The third-order valence-corrected chi connectivity index (χ3v) is 9.91. The Balaban J connectivity index is 1.52. The SMILES string of the molecule is Nc1cc(CN2CCS(=O)(=O)CC2)cc2c(C3CCOCC3)c(-c3ccccc3)n(C3CCOCC3)c12. The number of nitrogen functional groups attached to an aromatic ring is 1. The molecule has 0 radical (unpaired) electrons. The van der Waals surface area contributed by atoms with Crippen molar-refractivity contribution in [2.75, 3.05) is 56.8 Å². The summed E-state index contributed by atoms with van der Waals surface area (Å²) in [5.74, 6) is 0.870. The first-order valence-electron chi connectivity index (χ1n) is 13.6. The Morgan fingerprint density at radius 2 is 1.54 bits per heavy atom. The third-order valence-electron chi connectivity index (χ3n) is 8.30. The fraction of sp³-hybridized carbons (Fsp3) is 0.517. The summed E-state index contributed by atoms with van der Waals surface area (Å²) < 4.78 is 37.9. The van der Waals surface area contributed by atoms with Gasteiger partial charge in [0.25, 0.3) is 0 Å². The van der Waals surface area contributed by atoms with Gasteiger partial charge in [0.15, 0.2) is 9.84 Å². The van der Waals surface area contributed by atoms with E-state index in [1.807, 2.05) is 0 Å². The number of anilines is 1. The molecule has 0 amide bonds. The van der Waals surface area contributed by atoms with Gasteiger partial charge < -0.3 is 19.8 Å². The van der Waals surface area contributed by atoms with Crippen LogP contribution in [0.15, 0.2) is 42.5 Å². The van der Waals surface area contributed by atoms with E-state index in [1.165, 1.54) is 22.2 Å². The van der Waals surface area contributed by atoms with Crippen LogP contribution < -0.4 is 5.73 Å². The highest BCUT2D eigenvalue weighted by atomic mass is 32.2. The van der Waals surface area contributed by atoms with Gasteiger partial charge in [-0.05, 0) is 60.4 Å². The molecule has 6 rings (SSSR count). The standard InChI is InChI=1S/C29H37N3O4S/c30-26-19-21(20-31-10-16-37(33,34)17-11-31)18-25-27(22-6-12-35-13-7-22)28(23-4-2-1-3-5-23)32(29(25)26)24-8-14-36-15-9-24/h1-5,18-19,22,24H,6-17,20,30H2. The number of nitrogens with zero attached hydrogens (tertiary/aromatic N) is 2. The zero-order valence-corrected chi connectivity index (χ0v) is 22.2. The maximum Gasteiger partial charge on any atom is 0.152 e. The molecule has 0 saturated carbocycles. The Bertz CT molecular complexity index is 1340. The lowest BCUT2D eigenvalue weighted by Crippen LogP contribution is -2.39. The number of fused-ring (bicyclic) bond motifs is 1. The molecule has 198 valence electrons. The predicted molar refractivity (Wildman–Crippen MR) is 148 cm³/mol. The van der Waals surface area contributed by atoms with Gasteiger partial charge in [-0.15, -0.1) is 0 Å². The Kier molecular flexibility index (Phi) is 7.01. The Hall–Kier alpha value is -2.39. The fourth-order valence-corrected chi connectivity index (χ4v) is 7.70. The van der Waals surface area contributed by atoms with Crippen molar-refractivity contribution in [3.8, 4) is 11.3 Å². The molecule has 1 aromatic heterocycles. The van der Waals surface area contributed by atoms with E-state index >= 15 is 0 Å². The Labute approximate surface area is 219 Å². The van der Waals surface area contributed by atoms with Crippen LogP contribution in [-0.2, 0) is 25.9 Å². The number of hydrogen-bond acceptors (Lipinski definition) is 6. The highest BCUT2D eigenvalue weighted by Crippen LogP contribution is 2.46.